The smallest absolute Gasteiger partial charge is 0.245 e. The molecule has 2 aliphatic rings. The van der Waals surface area contributed by atoms with E-state index in [1.165, 1.54) is 11.8 Å². The van der Waals surface area contributed by atoms with Crippen LogP contribution in [0.25, 0.3) is 0 Å². The Morgan fingerprint density at radius 3 is 1.98 bits per heavy atom. The van der Waals surface area contributed by atoms with E-state index >= 15 is 0 Å². The minimum Gasteiger partial charge on any atom is -0.394 e. The minimum absolute atomic E-state index is 0.131. The van der Waals surface area contributed by atoms with Crippen molar-refractivity contribution >= 4 is 59.5 Å². The molecule has 0 aromatic rings. The van der Waals surface area contributed by atoms with Gasteiger partial charge < -0.3 is 68.2 Å². The SMILES string of the molecule is C[C@H](NC(=O)CNC(=O)[C@H](CO)NC(=O)[C@H](CO)NC(=O)[C@@H]1CCCN1C(=O)CNC(=O)CNC(=O)[C@@H](N)CC(N)=O)C(=O)N1CCC[C@H]1C=O. The third-order valence-corrected chi connectivity index (χ3v) is 8.04. The predicted octanol–water partition coefficient (Wildman–Crippen LogP) is -7.82. The van der Waals surface area contributed by atoms with Crippen LogP contribution in [0.15, 0.2) is 0 Å². The molecule has 6 atom stereocenters. The lowest BCUT2D eigenvalue weighted by atomic mass is 10.1. The molecule has 22 heteroatoms. The number of nitrogens with two attached hydrogens (primary N) is 2. The number of hydrogen-bond donors (Lipinski definition) is 10. The molecule has 2 fully saturated rings. The molecule has 0 spiro atoms. The summed E-state index contributed by atoms with van der Waals surface area (Å²) in [5.41, 5.74) is 10.5. The van der Waals surface area contributed by atoms with Crippen LogP contribution in [-0.2, 0) is 47.9 Å². The molecule has 284 valence electrons. The zero-order chi connectivity index (χ0) is 38.2. The first kappa shape index (κ1) is 41.9. The Bertz CT molecular complexity index is 1350. The topological polar surface area (TPSA) is 342 Å². The summed E-state index contributed by atoms with van der Waals surface area (Å²) >= 11 is 0. The Morgan fingerprint density at radius 1 is 0.765 bits per heavy atom. The summed E-state index contributed by atoms with van der Waals surface area (Å²) < 4.78 is 0. The van der Waals surface area contributed by atoms with Crippen molar-refractivity contribution in [3.63, 3.8) is 0 Å². The Labute approximate surface area is 292 Å². The highest BCUT2D eigenvalue weighted by Gasteiger charge is 2.36. The van der Waals surface area contributed by atoms with E-state index in [1.54, 1.807) is 0 Å². The molecule has 22 nitrogen and oxygen atoms in total. The number of rotatable bonds is 19. The third-order valence-electron chi connectivity index (χ3n) is 8.04. The van der Waals surface area contributed by atoms with Crippen LogP contribution in [0.2, 0.25) is 0 Å². The Kier molecular flexibility index (Phi) is 16.8. The second-order valence-electron chi connectivity index (χ2n) is 11.9. The molecule has 9 amide bonds. The molecule has 12 N–H and O–H groups in total. The summed E-state index contributed by atoms with van der Waals surface area (Å²) in [5, 5.41) is 33.0. The first-order valence-electron chi connectivity index (χ1n) is 16.2. The van der Waals surface area contributed by atoms with Gasteiger partial charge in [-0.05, 0) is 32.6 Å². The summed E-state index contributed by atoms with van der Waals surface area (Å²) in [6, 6.07) is -7.13. The van der Waals surface area contributed by atoms with Crippen LogP contribution in [-0.4, -0.2) is 162 Å². The fraction of sp³-hybridized carbons (Fsp3) is 0.655. The van der Waals surface area contributed by atoms with Gasteiger partial charge in [-0.2, -0.15) is 0 Å². The number of hydrogen-bond acceptors (Lipinski definition) is 13. The van der Waals surface area contributed by atoms with Crippen LogP contribution < -0.4 is 43.4 Å². The lowest BCUT2D eigenvalue weighted by molar-refractivity contribution is -0.140. The fourth-order valence-electron chi connectivity index (χ4n) is 5.31. The molecule has 2 aliphatic heterocycles. The molecule has 0 bridgehead atoms. The van der Waals surface area contributed by atoms with Crippen molar-refractivity contribution in [3.8, 4) is 0 Å². The van der Waals surface area contributed by atoms with E-state index in [2.05, 4.69) is 31.9 Å². The summed E-state index contributed by atoms with van der Waals surface area (Å²) in [6.07, 6.45) is 1.97. The molecule has 2 rings (SSSR count). The fourth-order valence-corrected chi connectivity index (χ4v) is 5.31. The number of aliphatic hydroxyl groups excluding tert-OH is 2. The number of aliphatic hydroxyl groups is 2. The van der Waals surface area contributed by atoms with Gasteiger partial charge >= 0.3 is 0 Å². The van der Waals surface area contributed by atoms with Crippen molar-refractivity contribution in [2.75, 3.05) is 45.9 Å². The van der Waals surface area contributed by atoms with Crippen molar-refractivity contribution < 1.29 is 58.2 Å². The monoisotopic (exact) mass is 726 g/mol. The van der Waals surface area contributed by atoms with Crippen molar-refractivity contribution in [1.29, 1.82) is 0 Å². The maximum Gasteiger partial charge on any atom is 0.245 e. The predicted molar refractivity (Wildman–Crippen MR) is 172 cm³/mol. The molecule has 0 aliphatic carbocycles. The second-order valence-corrected chi connectivity index (χ2v) is 11.9. The minimum atomic E-state index is -1.61. The Morgan fingerprint density at radius 2 is 1.35 bits per heavy atom. The standard InChI is InChI=1S/C29H46N10O12/c1-15(29(51)38-6-2-4-16(38)12-40)35-23(45)10-34-26(48)18(13-41)36-27(49)19(14-42)37-28(50)20-5-3-7-39(20)24(46)11-32-22(44)9-33-25(47)17(30)8-21(31)43/h12,15-20,41-42H,2-11,13-14,30H2,1H3,(H2,31,43)(H,32,44)(H,33,47)(H,34,48)(H,35,45)(H,36,49)(H,37,50)/t15-,16-,17-,18-,19-,20-/m0/s1. The average Bonchev–Trinajstić information content (AvgIpc) is 3.79. The van der Waals surface area contributed by atoms with Crippen molar-refractivity contribution in [2.45, 2.75) is 75.3 Å². The maximum atomic E-state index is 13.0. The number of likely N-dealkylation sites (tertiary alicyclic amines) is 2. The number of nitrogens with one attached hydrogen (secondary N) is 6. The molecule has 0 aromatic carbocycles. The van der Waals surface area contributed by atoms with Gasteiger partial charge in [0.25, 0.3) is 0 Å². The first-order valence-corrected chi connectivity index (χ1v) is 16.2. The molecule has 0 radical (unpaired) electrons. The van der Waals surface area contributed by atoms with Crippen LogP contribution in [0.3, 0.4) is 0 Å². The van der Waals surface area contributed by atoms with Gasteiger partial charge in [0.15, 0.2) is 0 Å². The van der Waals surface area contributed by atoms with E-state index in [0.717, 1.165) is 4.90 Å². The van der Waals surface area contributed by atoms with Gasteiger partial charge in [-0.1, -0.05) is 0 Å². The van der Waals surface area contributed by atoms with Crippen LogP contribution in [0.1, 0.15) is 39.0 Å². The Balaban J connectivity index is 1.83. The van der Waals surface area contributed by atoms with Gasteiger partial charge in [0.05, 0.1) is 51.4 Å². The highest BCUT2D eigenvalue weighted by Crippen LogP contribution is 2.18. The van der Waals surface area contributed by atoms with E-state index in [0.29, 0.717) is 32.1 Å². The van der Waals surface area contributed by atoms with Gasteiger partial charge in [-0.25, -0.2) is 0 Å². The second kappa shape index (κ2) is 20.5. The molecular weight excluding hydrogens is 680 g/mol. The number of aldehydes is 1. The normalized spacial score (nSPS) is 19.1. The largest absolute Gasteiger partial charge is 0.394 e. The quantitative estimate of drug-likeness (QED) is 0.0554. The maximum absolute atomic E-state index is 13.0. The summed E-state index contributed by atoms with van der Waals surface area (Å²) in [6.45, 7) is -1.68. The zero-order valence-corrected chi connectivity index (χ0v) is 28.1. The van der Waals surface area contributed by atoms with Gasteiger partial charge in [0.2, 0.25) is 53.2 Å². The lowest BCUT2D eigenvalue weighted by Crippen LogP contribution is -2.59. The molecule has 2 saturated heterocycles. The number of nitrogens with zero attached hydrogens (tertiary/aromatic N) is 2. The molecule has 0 aromatic heterocycles. The van der Waals surface area contributed by atoms with Gasteiger partial charge in [0.1, 0.15) is 30.5 Å². The van der Waals surface area contributed by atoms with E-state index in [9.17, 15) is 58.2 Å². The summed E-state index contributed by atoms with van der Waals surface area (Å²) in [4.78, 5) is 125. The van der Waals surface area contributed by atoms with Gasteiger partial charge in [-0.15, -0.1) is 0 Å². The van der Waals surface area contributed by atoms with Gasteiger partial charge in [-0.3, -0.25) is 43.2 Å². The van der Waals surface area contributed by atoms with Crippen LogP contribution in [0.5, 0.6) is 0 Å². The van der Waals surface area contributed by atoms with Gasteiger partial charge in [0, 0.05) is 13.1 Å². The average molecular weight is 727 g/mol. The van der Waals surface area contributed by atoms with Crippen LogP contribution in [0.4, 0.5) is 0 Å². The lowest BCUT2D eigenvalue weighted by Gasteiger charge is -2.26. The number of primary amides is 1. The summed E-state index contributed by atoms with van der Waals surface area (Å²) in [7, 11) is 0. The van der Waals surface area contributed by atoms with Crippen molar-refractivity contribution in [1.82, 2.24) is 41.7 Å². The molecule has 0 unspecified atom stereocenters. The highest BCUT2D eigenvalue weighted by atomic mass is 16.3. The van der Waals surface area contributed by atoms with E-state index in [4.69, 9.17) is 11.5 Å². The molecular formula is C29H46N10O12. The number of carbonyl (C=O) groups is 10. The highest BCUT2D eigenvalue weighted by molar-refractivity contribution is 5.97. The number of carbonyl (C=O) groups excluding carboxylic acids is 10. The molecule has 0 saturated carbocycles. The van der Waals surface area contributed by atoms with E-state index in [1.807, 2.05) is 0 Å². The van der Waals surface area contributed by atoms with Crippen LogP contribution in [0, 0.1) is 0 Å². The van der Waals surface area contributed by atoms with E-state index < -0.39 is 129 Å². The first-order chi connectivity index (χ1) is 24.1. The zero-order valence-electron chi connectivity index (χ0n) is 28.1. The molecule has 51 heavy (non-hydrogen) atoms. The summed E-state index contributed by atoms with van der Waals surface area (Å²) in [5.74, 6) is -7.17. The third kappa shape index (κ3) is 12.9. The Hall–Kier alpha value is -5.22. The van der Waals surface area contributed by atoms with E-state index in [-0.39, 0.29) is 13.0 Å². The van der Waals surface area contributed by atoms with Crippen molar-refractivity contribution in [3.05, 3.63) is 0 Å². The van der Waals surface area contributed by atoms with Crippen molar-refractivity contribution in [2.24, 2.45) is 11.5 Å². The van der Waals surface area contributed by atoms with Crippen LogP contribution >= 0.6 is 0 Å². The molecule has 2 heterocycles. The number of amides is 9.